The number of carbonyl (C=O) groups excluding carboxylic acids is 2. The molecule has 3 atom stereocenters. The Morgan fingerprint density at radius 3 is 2.40 bits per heavy atom. The van der Waals surface area contributed by atoms with E-state index in [1.54, 1.807) is 0 Å². The van der Waals surface area contributed by atoms with Gasteiger partial charge in [-0.25, -0.2) is 18.0 Å². The second-order valence-corrected chi connectivity index (χ2v) is 12.8. The number of rotatable bonds is 18. The maximum absolute atomic E-state index is 13.9. The van der Waals surface area contributed by atoms with Gasteiger partial charge in [-0.15, -0.1) is 0 Å². The van der Waals surface area contributed by atoms with Crippen molar-refractivity contribution in [2.45, 2.75) is 49.8 Å². The first kappa shape index (κ1) is 35.8. The molecule has 15 heteroatoms. The van der Waals surface area contributed by atoms with Crippen LogP contribution in [-0.2, 0) is 44.9 Å². The van der Waals surface area contributed by atoms with E-state index < -0.39 is 51.9 Å². The molecule has 0 saturated carbocycles. The van der Waals surface area contributed by atoms with Crippen LogP contribution >= 0.6 is 0 Å². The summed E-state index contributed by atoms with van der Waals surface area (Å²) in [6.45, 7) is 4.00. The normalized spacial score (nSPS) is 16.3. The molecule has 3 rings (SSSR count). The molecule has 1 aliphatic rings. The van der Waals surface area contributed by atoms with Crippen molar-refractivity contribution in [3.05, 3.63) is 70.3 Å². The first-order valence-corrected chi connectivity index (χ1v) is 16.0. The van der Waals surface area contributed by atoms with Crippen LogP contribution in [0.1, 0.15) is 25.8 Å². The van der Waals surface area contributed by atoms with Gasteiger partial charge in [-0.3, -0.25) is 10.1 Å². The number of ether oxygens (including phenoxy) is 5. The summed E-state index contributed by atoms with van der Waals surface area (Å²) in [5.74, 6) is -0.926. The second kappa shape index (κ2) is 17.8. The zero-order chi connectivity index (χ0) is 32.8. The van der Waals surface area contributed by atoms with Crippen molar-refractivity contribution in [3.63, 3.8) is 0 Å². The van der Waals surface area contributed by atoms with E-state index in [0.29, 0.717) is 13.0 Å². The number of benzene rings is 2. The highest BCUT2D eigenvalue weighted by molar-refractivity contribution is 7.89. The van der Waals surface area contributed by atoms with Crippen LogP contribution in [0.4, 0.5) is 10.5 Å². The molecule has 0 aliphatic carbocycles. The van der Waals surface area contributed by atoms with E-state index in [1.165, 1.54) is 7.11 Å². The molecule has 2 aromatic rings. The van der Waals surface area contributed by atoms with Crippen molar-refractivity contribution >= 4 is 27.8 Å². The zero-order valence-electron chi connectivity index (χ0n) is 25.7. The van der Waals surface area contributed by atoms with Gasteiger partial charge in [0.1, 0.15) is 18.8 Å². The van der Waals surface area contributed by atoms with E-state index in [1.807, 2.05) is 44.2 Å². The van der Waals surface area contributed by atoms with Gasteiger partial charge in [0.25, 0.3) is 5.69 Å². The number of esters is 1. The number of hydrogen-bond acceptors (Lipinski definition) is 11. The molecule has 0 radical (unpaired) electrons. The fourth-order valence-corrected chi connectivity index (χ4v) is 6.22. The van der Waals surface area contributed by atoms with Crippen molar-refractivity contribution in [2.75, 3.05) is 53.2 Å². The first-order valence-electron chi connectivity index (χ1n) is 14.6. The average Bonchev–Trinajstić information content (AvgIpc) is 3.51. The number of carbonyl (C=O) groups is 2. The van der Waals surface area contributed by atoms with Crippen molar-refractivity contribution in [2.24, 2.45) is 5.92 Å². The molecule has 1 amide bonds. The van der Waals surface area contributed by atoms with Gasteiger partial charge in [0.2, 0.25) is 10.0 Å². The standard InChI is InChI=1S/C30H41N3O11S/c1-22(2)18-32(45(38,39)26-11-9-24(10-12-26)33(36)37)19-28(44-29(34)21-42-16-15-40-3)27(17-23-7-5-4-6-8-23)31-30(35)43-25-13-14-41-20-25/h4-12,22,25,27-28H,13-21H2,1-3H3,(H,31,35). The average molecular weight is 652 g/mol. The third-order valence-electron chi connectivity index (χ3n) is 6.78. The number of non-ortho nitro benzene ring substituents is 1. The van der Waals surface area contributed by atoms with E-state index >= 15 is 0 Å². The predicted octanol–water partition coefficient (Wildman–Crippen LogP) is 2.94. The van der Waals surface area contributed by atoms with Crippen molar-refractivity contribution in [3.8, 4) is 0 Å². The van der Waals surface area contributed by atoms with Gasteiger partial charge in [-0.05, 0) is 30.0 Å². The lowest BCUT2D eigenvalue weighted by atomic mass is 10.0. The molecule has 248 valence electrons. The fourth-order valence-electron chi connectivity index (χ4n) is 4.60. The summed E-state index contributed by atoms with van der Waals surface area (Å²) in [6.07, 6.45) is -1.70. The molecule has 45 heavy (non-hydrogen) atoms. The largest absolute Gasteiger partial charge is 0.457 e. The number of nitro benzene ring substituents is 1. The summed E-state index contributed by atoms with van der Waals surface area (Å²) < 4.78 is 55.9. The SMILES string of the molecule is COCCOCC(=O)OC(CN(CC(C)C)S(=O)(=O)c1ccc([N+](=O)[O-])cc1)C(Cc1ccccc1)NC(=O)OC1CCOC1. The minimum absolute atomic E-state index is 0.0274. The molecule has 1 heterocycles. The summed E-state index contributed by atoms with van der Waals surface area (Å²) in [6, 6.07) is 12.7. The molecule has 3 unspecified atom stereocenters. The number of methoxy groups -OCH3 is 1. The van der Waals surface area contributed by atoms with Crippen molar-refractivity contribution in [1.82, 2.24) is 9.62 Å². The van der Waals surface area contributed by atoms with E-state index in [0.717, 1.165) is 34.1 Å². The van der Waals surface area contributed by atoms with Gasteiger partial charge < -0.3 is 29.0 Å². The van der Waals surface area contributed by atoms with Crippen LogP contribution in [0.2, 0.25) is 0 Å². The second-order valence-electron chi connectivity index (χ2n) is 10.9. The fraction of sp³-hybridized carbons (Fsp3) is 0.533. The Hall–Kier alpha value is -3.63. The molecule has 0 aromatic heterocycles. The van der Waals surface area contributed by atoms with Gasteiger partial charge in [0.15, 0.2) is 0 Å². The zero-order valence-corrected chi connectivity index (χ0v) is 26.5. The Labute approximate surface area is 263 Å². The van der Waals surface area contributed by atoms with Gasteiger partial charge in [0, 0.05) is 32.2 Å². The minimum atomic E-state index is -4.24. The Morgan fingerprint density at radius 2 is 1.80 bits per heavy atom. The lowest BCUT2D eigenvalue weighted by Gasteiger charge is -2.33. The van der Waals surface area contributed by atoms with Crippen molar-refractivity contribution in [1.29, 1.82) is 0 Å². The highest BCUT2D eigenvalue weighted by Gasteiger charge is 2.35. The molecule has 1 fully saturated rings. The Morgan fingerprint density at radius 1 is 1.09 bits per heavy atom. The van der Waals surface area contributed by atoms with Gasteiger partial charge in [-0.2, -0.15) is 4.31 Å². The van der Waals surface area contributed by atoms with E-state index in [9.17, 15) is 28.1 Å². The quantitative estimate of drug-likeness (QED) is 0.109. The number of alkyl carbamates (subject to hydrolysis) is 1. The Kier molecular flexibility index (Phi) is 14.1. The molecule has 0 bridgehead atoms. The number of nitrogens with zero attached hydrogens (tertiary/aromatic N) is 2. The van der Waals surface area contributed by atoms with Crippen LogP contribution in [0.3, 0.4) is 0 Å². The number of sulfonamides is 1. The monoisotopic (exact) mass is 651 g/mol. The summed E-state index contributed by atoms with van der Waals surface area (Å²) in [4.78, 5) is 36.4. The van der Waals surface area contributed by atoms with Crippen LogP contribution in [0.25, 0.3) is 0 Å². The van der Waals surface area contributed by atoms with Crippen LogP contribution in [0.5, 0.6) is 0 Å². The molecule has 2 aromatic carbocycles. The molecule has 14 nitrogen and oxygen atoms in total. The summed E-state index contributed by atoms with van der Waals surface area (Å²) in [5, 5.41) is 13.9. The van der Waals surface area contributed by atoms with E-state index in [4.69, 9.17) is 23.7 Å². The van der Waals surface area contributed by atoms with Gasteiger partial charge in [0.05, 0.1) is 48.8 Å². The van der Waals surface area contributed by atoms with Crippen molar-refractivity contribution < 1.29 is 46.6 Å². The number of amides is 1. The maximum atomic E-state index is 13.9. The van der Waals surface area contributed by atoms with Crippen LogP contribution in [0, 0.1) is 16.0 Å². The third kappa shape index (κ3) is 11.7. The highest BCUT2D eigenvalue weighted by atomic mass is 32.2. The number of hydrogen-bond donors (Lipinski definition) is 1. The lowest BCUT2D eigenvalue weighted by molar-refractivity contribution is -0.384. The third-order valence-corrected chi connectivity index (χ3v) is 8.63. The van der Waals surface area contributed by atoms with E-state index in [-0.39, 0.29) is 55.8 Å². The maximum Gasteiger partial charge on any atom is 0.407 e. The number of nitro groups is 1. The lowest BCUT2D eigenvalue weighted by Crippen LogP contribution is -2.53. The summed E-state index contributed by atoms with van der Waals surface area (Å²) >= 11 is 0. The van der Waals surface area contributed by atoms with Gasteiger partial charge >= 0.3 is 12.1 Å². The van der Waals surface area contributed by atoms with Crippen LogP contribution < -0.4 is 5.32 Å². The molecular formula is C30H41N3O11S. The molecule has 0 spiro atoms. The highest BCUT2D eigenvalue weighted by Crippen LogP contribution is 2.23. The minimum Gasteiger partial charge on any atom is -0.457 e. The molecule has 1 aliphatic heterocycles. The first-order chi connectivity index (χ1) is 21.5. The van der Waals surface area contributed by atoms with Gasteiger partial charge in [-0.1, -0.05) is 44.2 Å². The summed E-state index contributed by atoms with van der Waals surface area (Å²) in [7, 11) is -2.75. The Bertz CT molecular complexity index is 1330. The molecular weight excluding hydrogens is 610 g/mol. The van der Waals surface area contributed by atoms with Crippen LogP contribution in [-0.4, -0.2) is 101 Å². The summed E-state index contributed by atoms with van der Waals surface area (Å²) in [5.41, 5.74) is 0.529. The molecule has 1 N–H and O–H groups in total. The van der Waals surface area contributed by atoms with E-state index in [2.05, 4.69) is 5.32 Å². The Balaban J connectivity index is 1.96. The molecule has 1 saturated heterocycles. The topological polar surface area (TPSA) is 173 Å². The number of nitrogens with one attached hydrogen (secondary N) is 1. The smallest absolute Gasteiger partial charge is 0.407 e. The predicted molar refractivity (Wildman–Crippen MR) is 162 cm³/mol. The van der Waals surface area contributed by atoms with Crippen LogP contribution in [0.15, 0.2) is 59.5 Å².